The Morgan fingerprint density at radius 2 is 1.59 bits per heavy atom. The summed E-state index contributed by atoms with van der Waals surface area (Å²) in [6.45, 7) is 7.76. The predicted octanol–water partition coefficient (Wildman–Crippen LogP) is 1.71. The molecule has 8 heteroatoms. The second kappa shape index (κ2) is 8.45. The van der Waals surface area contributed by atoms with E-state index in [0.29, 0.717) is 11.1 Å². The van der Waals surface area contributed by atoms with Crippen LogP contribution in [0.4, 0.5) is 17.3 Å². The van der Waals surface area contributed by atoms with Gasteiger partial charge in [0.2, 0.25) is 0 Å². The topological polar surface area (TPSA) is 85.6 Å². The molecule has 2 saturated heterocycles. The number of Topliss-reactive ketones (excluding diaryl/α,β-unsaturated/α-hetero) is 1. The third-order valence-corrected chi connectivity index (χ3v) is 5.44. The van der Waals surface area contributed by atoms with E-state index >= 15 is 0 Å². The lowest BCUT2D eigenvalue weighted by atomic mass is 10.1. The summed E-state index contributed by atoms with van der Waals surface area (Å²) in [7, 11) is 0. The molecule has 2 aliphatic rings. The van der Waals surface area contributed by atoms with Crippen molar-refractivity contribution < 1.29 is 9.53 Å². The third-order valence-electron chi connectivity index (χ3n) is 5.44. The number of nitriles is 1. The Morgan fingerprint density at radius 1 is 0.966 bits per heavy atom. The maximum absolute atomic E-state index is 11.7. The molecule has 2 aliphatic heterocycles. The first kappa shape index (κ1) is 19.2. The lowest BCUT2D eigenvalue weighted by Gasteiger charge is -2.37. The minimum absolute atomic E-state index is 0.00556. The molecule has 0 bridgehead atoms. The molecule has 0 saturated carbocycles. The minimum Gasteiger partial charge on any atom is -0.378 e. The number of hydrogen-bond acceptors (Lipinski definition) is 8. The van der Waals surface area contributed by atoms with Crippen LogP contribution in [0.15, 0.2) is 30.6 Å². The molecule has 1 aromatic heterocycles. The number of morpholine rings is 1. The van der Waals surface area contributed by atoms with Gasteiger partial charge in [0.15, 0.2) is 5.78 Å². The monoisotopic (exact) mass is 392 g/mol. The SMILES string of the molecule is CC(=O)c1ccc(C#N)c(N2CCN(c3cc(N4CCOCC4)ncn3)CC2)c1. The van der Waals surface area contributed by atoms with E-state index in [-0.39, 0.29) is 5.78 Å². The van der Waals surface area contributed by atoms with E-state index in [4.69, 9.17) is 4.74 Å². The highest BCUT2D eigenvalue weighted by Crippen LogP contribution is 2.25. The molecule has 29 heavy (non-hydrogen) atoms. The number of hydrogen-bond donors (Lipinski definition) is 0. The van der Waals surface area contributed by atoms with Gasteiger partial charge < -0.3 is 19.4 Å². The molecule has 0 unspecified atom stereocenters. The van der Waals surface area contributed by atoms with Crippen LogP contribution in [0.25, 0.3) is 0 Å². The molecule has 0 N–H and O–H groups in total. The van der Waals surface area contributed by atoms with Gasteiger partial charge in [-0.3, -0.25) is 4.79 Å². The van der Waals surface area contributed by atoms with Gasteiger partial charge in [-0.15, -0.1) is 0 Å². The molecule has 1 aromatic carbocycles. The lowest BCUT2D eigenvalue weighted by Crippen LogP contribution is -2.47. The third kappa shape index (κ3) is 4.15. The van der Waals surface area contributed by atoms with Crippen LogP contribution < -0.4 is 14.7 Å². The minimum atomic E-state index is 0.00556. The van der Waals surface area contributed by atoms with Gasteiger partial charge >= 0.3 is 0 Å². The maximum Gasteiger partial charge on any atom is 0.159 e. The molecular formula is C21H24N6O2. The Balaban J connectivity index is 1.47. The van der Waals surface area contributed by atoms with Crippen molar-refractivity contribution in [2.24, 2.45) is 0 Å². The smallest absolute Gasteiger partial charge is 0.159 e. The molecule has 0 amide bonds. The number of rotatable bonds is 4. The van der Waals surface area contributed by atoms with E-state index < -0.39 is 0 Å². The summed E-state index contributed by atoms with van der Waals surface area (Å²) >= 11 is 0. The molecule has 4 rings (SSSR count). The van der Waals surface area contributed by atoms with Crippen LogP contribution in [0, 0.1) is 11.3 Å². The zero-order valence-corrected chi connectivity index (χ0v) is 16.5. The average Bonchev–Trinajstić information content (AvgIpc) is 2.79. The fourth-order valence-corrected chi connectivity index (χ4v) is 3.76. The van der Waals surface area contributed by atoms with Crippen molar-refractivity contribution in [2.75, 3.05) is 67.2 Å². The Bertz CT molecular complexity index is 927. The zero-order valence-electron chi connectivity index (χ0n) is 16.5. The van der Waals surface area contributed by atoms with Gasteiger partial charge in [0, 0.05) is 50.9 Å². The molecule has 8 nitrogen and oxygen atoms in total. The second-order valence-electron chi connectivity index (χ2n) is 7.21. The second-order valence-corrected chi connectivity index (χ2v) is 7.21. The number of ether oxygens (including phenoxy) is 1. The highest BCUT2D eigenvalue weighted by molar-refractivity contribution is 5.95. The van der Waals surface area contributed by atoms with E-state index in [1.54, 1.807) is 25.4 Å². The number of anilines is 3. The van der Waals surface area contributed by atoms with Gasteiger partial charge in [-0.1, -0.05) is 0 Å². The van der Waals surface area contributed by atoms with Crippen LogP contribution in [0.1, 0.15) is 22.8 Å². The standard InChI is InChI=1S/C21H24N6O2/c1-16(28)17-2-3-18(14-22)19(12-17)25-4-6-26(7-5-25)20-13-21(24-15-23-20)27-8-10-29-11-9-27/h2-3,12-13,15H,4-11H2,1H3. The highest BCUT2D eigenvalue weighted by atomic mass is 16.5. The Labute approximate surface area is 170 Å². The molecule has 3 heterocycles. The first-order chi connectivity index (χ1) is 14.2. The van der Waals surface area contributed by atoms with Crippen molar-refractivity contribution >= 4 is 23.1 Å². The van der Waals surface area contributed by atoms with Crippen LogP contribution in [0.5, 0.6) is 0 Å². The molecule has 0 aliphatic carbocycles. The fourth-order valence-electron chi connectivity index (χ4n) is 3.76. The van der Waals surface area contributed by atoms with Crippen molar-refractivity contribution in [3.63, 3.8) is 0 Å². The van der Waals surface area contributed by atoms with Gasteiger partial charge in [-0.25, -0.2) is 9.97 Å². The summed E-state index contributed by atoms with van der Waals surface area (Å²) in [6, 6.07) is 9.56. The van der Waals surface area contributed by atoms with Gasteiger partial charge in [0.05, 0.1) is 24.5 Å². The molecule has 2 fully saturated rings. The maximum atomic E-state index is 11.7. The first-order valence-electron chi connectivity index (χ1n) is 9.85. The summed E-state index contributed by atoms with van der Waals surface area (Å²) in [4.78, 5) is 27.3. The number of carbonyl (C=O) groups is 1. The fraction of sp³-hybridized carbons (Fsp3) is 0.429. The van der Waals surface area contributed by atoms with Crippen LogP contribution in [-0.4, -0.2) is 68.2 Å². The van der Waals surface area contributed by atoms with Gasteiger partial charge in [-0.05, 0) is 25.1 Å². The quantitative estimate of drug-likeness (QED) is 0.727. The van der Waals surface area contributed by atoms with Crippen LogP contribution >= 0.6 is 0 Å². The van der Waals surface area contributed by atoms with Gasteiger partial charge in [0.1, 0.15) is 24.0 Å². The molecule has 150 valence electrons. The number of nitrogens with zero attached hydrogens (tertiary/aromatic N) is 6. The largest absolute Gasteiger partial charge is 0.378 e. The molecule has 0 spiro atoms. The van der Waals surface area contributed by atoms with Crippen LogP contribution in [0.3, 0.4) is 0 Å². The zero-order chi connectivity index (χ0) is 20.2. The first-order valence-corrected chi connectivity index (χ1v) is 9.85. The highest BCUT2D eigenvalue weighted by Gasteiger charge is 2.22. The summed E-state index contributed by atoms with van der Waals surface area (Å²) in [5.74, 6) is 1.85. The van der Waals surface area contributed by atoms with Crippen molar-refractivity contribution in [1.82, 2.24) is 9.97 Å². The van der Waals surface area contributed by atoms with Crippen LogP contribution in [0.2, 0.25) is 0 Å². The van der Waals surface area contributed by atoms with Crippen molar-refractivity contribution in [3.8, 4) is 6.07 Å². The van der Waals surface area contributed by atoms with Gasteiger partial charge in [-0.2, -0.15) is 5.26 Å². The molecule has 0 radical (unpaired) electrons. The van der Waals surface area contributed by atoms with Gasteiger partial charge in [0.25, 0.3) is 0 Å². The summed E-state index contributed by atoms with van der Waals surface area (Å²) < 4.78 is 5.42. The lowest BCUT2D eigenvalue weighted by molar-refractivity contribution is 0.101. The summed E-state index contributed by atoms with van der Waals surface area (Å²) in [5.41, 5.74) is 2.06. The van der Waals surface area contributed by atoms with E-state index in [1.807, 2.05) is 12.1 Å². The van der Waals surface area contributed by atoms with E-state index in [0.717, 1.165) is 69.8 Å². The molecule has 2 aromatic rings. The van der Waals surface area contributed by atoms with E-state index in [2.05, 4.69) is 30.7 Å². The van der Waals surface area contributed by atoms with E-state index in [1.165, 1.54) is 0 Å². The number of benzene rings is 1. The Kier molecular flexibility index (Phi) is 5.58. The Morgan fingerprint density at radius 3 is 2.21 bits per heavy atom. The van der Waals surface area contributed by atoms with Crippen molar-refractivity contribution in [3.05, 3.63) is 41.7 Å². The summed E-state index contributed by atoms with van der Waals surface area (Å²) in [5, 5.41) is 9.46. The van der Waals surface area contributed by atoms with Crippen molar-refractivity contribution in [2.45, 2.75) is 6.92 Å². The summed E-state index contributed by atoms with van der Waals surface area (Å²) in [6.07, 6.45) is 1.62. The molecule has 0 atom stereocenters. The number of ketones is 1. The predicted molar refractivity (Wildman–Crippen MR) is 111 cm³/mol. The van der Waals surface area contributed by atoms with Crippen molar-refractivity contribution in [1.29, 1.82) is 5.26 Å². The van der Waals surface area contributed by atoms with E-state index in [9.17, 15) is 10.1 Å². The normalized spacial score (nSPS) is 17.2. The number of carbonyl (C=O) groups excluding carboxylic acids is 1. The average molecular weight is 392 g/mol. The number of aromatic nitrogens is 2. The molecular weight excluding hydrogens is 368 g/mol. The Hall–Kier alpha value is -3.18. The number of piperazine rings is 1. The van der Waals surface area contributed by atoms with Crippen LogP contribution in [-0.2, 0) is 4.74 Å².